The van der Waals surface area contributed by atoms with Gasteiger partial charge in [0.1, 0.15) is 11.3 Å². The van der Waals surface area contributed by atoms with Crippen LogP contribution in [0.1, 0.15) is 30.1 Å². The Morgan fingerprint density at radius 2 is 2.32 bits per heavy atom. The first-order valence-electron chi connectivity index (χ1n) is 8.02. The molecule has 0 fully saturated rings. The van der Waals surface area contributed by atoms with Gasteiger partial charge < -0.3 is 14.6 Å². The number of nitrogens with zero attached hydrogens (tertiary/aromatic N) is 3. The number of imidazole rings is 1. The van der Waals surface area contributed by atoms with Crippen molar-refractivity contribution >= 4 is 48.5 Å². The minimum absolute atomic E-state index is 0.0474. The maximum atomic E-state index is 12.8. The van der Waals surface area contributed by atoms with Crippen molar-refractivity contribution < 1.29 is 9.53 Å². The van der Waals surface area contributed by atoms with Crippen LogP contribution in [0.3, 0.4) is 0 Å². The Kier molecular flexibility index (Phi) is 4.24. The lowest BCUT2D eigenvalue weighted by atomic mass is 9.89. The molecule has 0 saturated heterocycles. The summed E-state index contributed by atoms with van der Waals surface area (Å²) in [5.74, 6) is 0.427. The van der Waals surface area contributed by atoms with Crippen LogP contribution in [0.5, 0.6) is 5.75 Å². The molecule has 1 amide bonds. The second-order valence-electron chi connectivity index (χ2n) is 6.07. The van der Waals surface area contributed by atoms with E-state index in [2.05, 4.69) is 31.2 Å². The number of thiazole rings is 1. The van der Waals surface area contributed by atoms with Crippen LogP contribution < -0.4 is 10.1 Å². The standard InChI is InChI=1S/C17H17BrN4O2S/c1-22-8-19-13-9(4-3-5-11(13)22)16(23)21-17-20-14-12(24-2)7-6-10(18)15(14)25-17/h6-9H,3-5H2,1-2H3,(H,20,21,23). The minimum Gasteiger partial charge on any atom is -0.494 e. The molecule has 1 aliphatic carbocycles. The van der Waals surface area contributed by atoms with E-state index in [0.29, 0.717) is 10.9 Å². The summed E-state index contributed by atoms with van der Waals surface area (Å²) in [5.41, 5.74) is 2.80. The summed E-state index contributed by atoms with van der Waals surface area (Å²) in [6.07, 6.45) is 4.56. The van der Waals surface area contributed by atoms with Crippen LogP contribution in [-0.2, 0) is 18.3 Å². The molecule has 0 bridgehead atoms. The highest BCUT2D eigenvalue weighted by atomic mass is 79.9. The number of fused-ring (bicyclic) bond motifs is 2. The van der Waals surface area contributed by atoms with Crippen molar-refractivity contribution in [2.75, 3.05) is 12.4 Å². The van der Waals surface area contributed by atoms with Gasteiger partial charge in [-0.2, -0.15) is 0 Å². The fourth-order valence-corrected chi connectivity index (χ4v) is 4.75. The van der Waals surface area contributed by atoms with Gasteiger partial charge in [-0.15, -0.1) is 0 Å². The number of aromatic nitrogens is 3. The monoisotopic (exact) mass is 420 g/mol. The quantitative estimate of drug-likeness (QED) is 0.698. The Labute approximate surface area is 157 Å². The highest BCUT2D eigenvalue weighted by Crippen LogP contribution is 2.38. The summed E-state index contributed by atoms with van der Waals surface area (Å²) < 4.78 is 9.26. The van der Waals surface area contributed by atoms with Crippen LogP contribution in [-0.4, -0.2) is 27.6 Å². The second-order valence-corrected chi connectivity index (χ2v) is 7.92. The van der Waals surface area contributed by atoms with Gasteiger partial charge in [-0.25, -0.2) is 9.97 Å². The molecular formula is C17H17BrN4O2S. The molecule has 6 nitrogen and oxygen atoms in total. The Morgan fingerprint density at radius 3 is 3.12 bits per heavy atom. The zero-order valence-electron chi connectivity index (χ0n) is 13.9. The Balaban J connectivity index is 1.64. The number of anilines is 1. The molecule has 1 aromatic carbocycles. The molecule has 0 aliphatic heterocycles. The largest absolute Gasteiger partial charge is 0.494 e. The number of aryl methyl sites for hydroxylation is 1. The summed E-state index contributed by atoms with van der Waals surface area (Å²) in [7, 11) is 3.59. The molecule has 4 rings (SSSR count). The zero-order chi connectivity index (χ0) is 17.6. The molecule has 8 heteroatoms. The van der Waals surface area contributed by atoms with Crippen molar-refractivity contribution in [1.29, 1.82) is 0 Å². The van der Waals surface area contributed by atoms with Crippen molar-refractivity contribution in [3.8, 4) is 5.75 Å². The molecule has 0 saturated carbocycles. The van der Waals surface area contributed by atoms with Gasteiger partial charge in [0.05, 0.1) is 29.7 Å². The zero-order valence-corrected chi connectivity index (χ0v) is 16.3. The van der Waals surface area contributed by atoms with Gasteiger partial charge in [0.25, 0.3) is 0 Å². The van der Waals surface area contributed by atoms with Crippen molar-refractivity contribution in [3.63, 3.8) is 0 Å². The predicted octanol–water partition coefficient (Wildman–Crippen LogP) is 3.86. The maximum Gasteiger partial charge on any atom is 0.235 e. The van der Waals surface area contributed by atoms with E-state index in [1.807, 2.05) is 23.7 Å². The normalized spacial score (nSPS) is 16.7. The van der Waals surface area contributed by atoms with E-state index in [9.17, 15) is 4.79 Å². The molecule has 0 radical (unpaired) electrons. The van der Waals surface area contributed by atoms with Gasteiger partial charge in [0, 0.05) is 17.2 Å². The first-order chi connectivity index (χ1) is 12.1. The number of rotatable bonds is 3. The number of hydrogen-bond donors (Lipinski definition) is 1. The van der Waals surface area contributed by atoms with Gasteiger partial charge in [-0.1, -0.05) is 11.3 Å². The van der Waals surface area contributed by atoms with Gasteiger partial charge >= 0.3 is 0 Å². The number of amides is 1. The van der Waals surface area contributed by atoms with Crippen LogP contribution in [0.25, 0.3) is 10.2 Å². The number of carbonyl (C=O) groups is 1. The molecular weight excluding hydrogens is 404 g/mol. The van der Waals surface area contributed by atoms with Gasteiger partial charge in [-0.3, -0.25) is 4.79 Å². The lowest BCUT2D eigenvalue weighted by Crippen LogP contribution is -2.25. The van der Waals surface area contributed by atoms with Crippen LogP contribution >= 0.6 is 27.3 Å². The lowest BCUT2D eigenvalue weighted by Gasteiger charge is -2.20. The third-order valence-electron chi connectivity index (χ3n) is 4.55. The summed E-state index contributed by atoms with van der Waals surface area (Å²) in [5, 5.41) is 3.55. The highest BCUT2D eigenvalue weighted by molar-refractivity contribution is 9.10. The molecule has 1 aliphatic rings. The summed E-state index contributed by atoms with van der Waals surface area (Å²) in [4.78, 5) is 21.8. The highest BCUT2D eigenvalue weighted by Gasteiger charge is 2.30. The van der Waals surface area contributed by atoms with Crippen molar-refractivity contribution in [1.82, 2.24) is 14.5 Å². The summed E-state index contributed by atoms with van der Waals surface area (Å²) in [6, 6.07) is 3.78. The minimum atomic E-state index is -0.220. The van der Waals surface area contributed by atoms with Gasteiger partial charge in [0.2, 0.25) is 5.91 Å². The number of ether oxygens (including phenoxy) is 1. The Bertz CT molecular complexity index is 965. The predicted molar refractivity (Wildman–Crippen MR) is 101 cm³/mol. The molecule has 2 heterocycles. The number of nitrogens with one attached hydrogen (secondary N) is 1. The molecule has 1 N–H and O–H groups in total. The van der Waals surface area contributed by atoms with Crippen molar-refractivity contribution in [2.45, 2.75) is 25.2 Å². The van der Waals surface area contributed by atoms with E-state index >= 15 is 0 Å². The second kappa shape index (κ2) is 6.42. The molecule has 3 aromatic rings. The molecule has 130 valence electrons. The average molecular weight is 421 g/mol. The topological polar surface area (TPSA) is 69.0 Å². The van der Waals surface area contributed by atoms with E-state index in [1.165, 1.54) is 11.3 Å². The smallest absolute Gasteiger partial charge is 0.235 e. The van der Waals surface area contributed by atoms with Crippen LogP contribution in [0, 0.1) is 0 Å². The van der Waals surface area contributed by atoms with E-state index < -0.39 is 0 Å². The lowest BCUT2D eigenvalue weighted by molar-refractivity contribution is -0.118. The molecule has 0 spiro atoms. The first-order valence-corrected chi connectivity index (χ1v) is 9.63. The van der Waals surface area contributed by atoms with Gasteiger partial charge in [-0.05, 0) is 47.3 Å². The fourth-order valence-electron chi connectivity index (χ4n) is 3.30. The number of halogens is 1. The molecule has 25 heavy (non-hydrogen) atoms. The van der Waals surface area contributed by atoms with Crippen molar-refractivity contribution in [2.24, 2.45) is 7.05 Å². The van der Waals surface area contributed by atoms with Crippen molar-refractivity contribution in [3.05, 3.63) is 34.3 Å². The number of carbonyl (C=O) groups excluding carboxylic acids is 1. The van der Waals surface area contributed by atoms with Crippen LogP contribution in [0.4, 0.5) is 5.13 Å². The van der Waals surface area contributed by atoms with Crippen LogP contribution in [0.2, 0.25) is 0 Å². The first kappa shape index (κ1) is 16.5. The number of benzene rings is 1. The van der Waals surface area contributed by atoms with E-state index in [0.717, 1.165) is 45.3 Å². The van der Waals surface area contributed by atoms with E-state index in [4.69, 9.17) is 4.74 Å². The third-order valence-corrected chi connectivity index (χ3v) is 6.48. The fraction of sp³-hybridized carbons (Fsp3) is 0.353. The number of methoxy groups -OCH3 is 1. The van der Waals surface area contributed by atoms with E-state index in [-0.39, 0.29) is 11.8 Å². The SMILES string of the molecule is COc1ccc(Br)c2sc(NC(=O)C3CCCc4c3ncn4C)nc12. The average Bonchev–Trinajstić information content (AvgIpc) is 3.20. The Hall–Kier alpha value is -1.93. The molecule has 1 atom stereocenters. The maximum absolute atomic E-state index is 12.8. The van der Waals surface area contributed by atoms with Crippen LogP contribution in [0.15, 0.2) is 22.9 Å². The Morgan fingerprint density at radius 1 is 1.48 bits per heavy atom. The third kappa shape index (κ3) is 2.83. The molecule has 1 unspecified atom stereocenters. The van der Waals surface area contributed by atoms with Gasteiger partial charge in [0.15, 0.2) is 5.13 Å². The molecule has 2 aromatic heterocycles. The summed E-state index contributed by atoms with van der Waals surface area (Å²) in [6.45, 7) is 0. The summed E-state index contributed by atoms with van der Waals surface area (Å²) >= 11 is 4.97. The van der Waals surface area contributed by atoms with E-state index in [1.54, 1.807) is 13.4 Å². The number of hydrogen-bond acceptors (Lipinski definition) is 5.